The number of nitrogens with one attached hydrogen (secondary N) is 1. The molecule has 0 saturated heterocycles. The number of hydrogen-bond acceptors (Lipinski definition) is 5. The Balaban J connectivity index is 1.68. The standard InChI is InChI=1S/C26H21Cl2F2NO5/c27-20-11-31-12-21(28)19(20)10-23(35-25(33)18-3-1-2-16(8-18)13-32)17-6-7-22(36-26(29)30)24(9-17)34-14-15-4-5-15/h1-3,6-9,11-13,15,23,26H,4-5,10,14H2/p+1/t23-/m0/s1. The van der Waals surface area contributed by atoms with Crippen molar-refractivity contribution >= 4 is 35.5 Å². The van der Waals surface area contributed by atoms with Gasteiger partial charge in [0.25, 0.3) is 0 Å². The van der Waals surface area contributed by atoms with E-state index in [1.54, 1.807) is 24.5 Å². The van der Waals surface area contributed by atoms with E-state index in [1.165, 1.54) is 30.3 Å². The molecule has 1 fully saturated rings. The second-order valence-corrected chi connectivity index (χ2v) is 9.12. The maximum absolute atomic E-state index is 13.0. The molecule has 2 aromatic carbocycles. The number of rotatable bonds is 11. The first-order valence-electron chi connectivity index (χ1n) is 11.2. The molecule has 0 spiro atoms. The van der Waals surface area contributed by atoms with Crippen molar-refractivity contribution in [3.8, 4) is 11.5 Å². The SMILES string of the molecule is O=Cc1cccc(C(=O)O[C@@H](Cc2c(Cl)c[nH+]cc2Cl)c2ccc(OC(F)F)c(OCC3CC3)c2)c1. The molecule has 0 bridgehead atoms. The predicted molar refractivity (Wildman–Crippen MR) is 128 cm³/mol. The number of hydrogen-bond donors (Lipinski definition) is 0. The highest BCUT2D eigenvalue weighted by Gasteiger charge is 2.26. The summed E-state index contributed by atoms with van der Waals surface area (Å²) in [5, 5.41) is 0.656. The maximum atomic E-state index is 13.0. The Kier molecular flexibility index (Phi) is 8.38. The van der Waals surface area contributed by atoms with Crippen LogP contribution >= 0.6 is 23.2 Å². The van der Waals surface area contributed by atoms with E-state index in [9.17, 15) is 18.4 Å². The molecule has 1 aliphatic rings. The number of aromatic nitrogens is 1. The molecular formula is C26H22Cl2F2NO5+. The van der Waals surface area contributed by atoms with Gasteiger partial charge in [0.15, 0.2) is 23.9 Å². The number of pyridine rings is 1. The van der Waals surface area contributed by atoms with E-state index in [0.29, 0.717) is 45.5 Å². The fraction of sp³-hybridized carbons (Fsp3) is 0.269. The van der Waals surface area contributed by atoms with Crippen LogP contribution in [0.1, 0.15) is 50.8 Å². The molecule has 0 amide bonds. The minimum atomic E-state index is -3.03. The molecule has 1 atom stereocenters. The van der Waals surface area contributed by atoms with Gasteiger partial charge in [-0.15, -0.1) is 0 Å². The highest BCUT2D eigenvalue weighted by atomic mass is 35.5. The highest BCUT2D eigenvalue weighted by Crippen LogP contribution is 2.38. The summed E-state index contributed by atoms with van der Waals surface area (Å²) >= 11 is 12.7. The molecule has 6 nitrogen and oxygen atoms in total. The van der Waals surface area contributed by atoms with Gasteiger partial charge in [-0.2, -0.15) is 8.78 Å². The molecule has 1 aliphatic carbocycles. The molecule has 3 aromatic rings. The van der Waals surface area contributed by atoms with Gasteiger partial charge in [0.1, 0.15) is 22.4 Å². The van der Waals surface area contributed by atoms with Crippen LogP contribution in [0.4, 0.5) is 8.78 Å². The van der Waals surface area contributed by atoms with Crippen molar-refractivity contribution in [3.05, 3.63) is 87.2 Å². The summed E-state index contributed by atoms with van der Waals surface area (Å²) < 4.78 is 42.1. The molecule has 1 saturated carbocycles. The third kappa shape index (κ3) is 6.71. The summed E-state index contributed by atoms with van der Waals surface area (Å²) in [5.41, 5.74) is 1.47. The largest absolute Gasteiger partial charge is 0.489 e. The van der Waals surface area contributed by atoms with Crippen molar-refractivity contribution in [3.63, 3.8) is 0 Å². The zero-order valence-corrected chi connectivity index (χ0v) is 20.4. The summed E-state index contributed by atoms with van der Waals surface area (Å²) in [6, 6.07) is 10.4. The topological polar surface area (TPSA) is 76.0 Å². The Bertz CT molecular complexity index is 1230. The Morgan fingerprint density at radius 1 is 1.08 bits per heavy atom. The van der Waals surface area contributed by atoms with Gasteiger partial charge < -0.3 is 14.2 Å². The molecule has 0 aliphatic heterocycles. The summed E-state index contributed by atoms with van der Waals surface area (Å²) in [4.78, 5) is 27.0. The van der Waals surface area contributed by atoms with Gasteiger partial charge >= 0.3 is 12.6 Å². The van der Waals surface area contributed by atoms with E-state index in [2.05, 4.69) is 9.72 Å². The summed E-state index contributed by atoms with van der Waals surface area (Å²) in [5.74, 6) is -0.331. The average Bonchev–Trinajstić information content (AvgIpc) is 3.69. The Labute approximate surface area is 216 Å². The van der Waals surface area contributed by atoms with Crippen LogP contribution in [0.5, 0.6) is 11.5 Å². The minimum absolute atomic E-state index is 0.0859. The number of carbonyl (C=O) groups is 2. The second-order valence-electron chi connectivity index (χ2n) is 8.31. The van der Waals surface area contributed by atoms with Gasteiger partial charge in [0.2, 0.25) is 0 Å². The Hall–Kier alpha value is -3.23. The normalized spacial score (nSPS) is 13.8. The Morgan fingerprint density at radius 2 is 1.83 bits per heavy atom. The average molecular weight is 537 g/mol. The lowest BCUT2D eigenvalue weighted by Gasteiger charge is -2.21. The monoisotopic (exact) mass is 536 g/mol. The molecule has 1 N–H and O–H groups in total. The first kappa shape index (κ1) is 25.9. The quantitative estimate of drug-likeness (QED) is 0.217. The van der Waals surface area contributed by atoms with Crippen molar-refractivity contribution in [1.82, 2.24) is 0 Å². The van der Waals surface area contributed by atoms with E-state index in [4.69, 9.17) is 32.7 Å². The number of benzene rings is 2. The van der Waals surface area contributed by atoms with Crippen LogP contribution in [0.15, 0.2) is 54.9 Å². The zero-order chi connectivity index (χ0) is 25.7. The molecular weight excluding hydrogens is 515 g/mol. The van der Waals surface area contributed by atoms with Crippen molar-refractivity contribution in [2.24, 2.45) is 5.92 Å². The zero-order valence-electron chi connectivity index (χ0n) is 18.9. The van der Waals surface area contributed by atoms with Crippen molar-refractivity contribution in [2.75, 3.05) is 6.61 Å². The van der Waals surface area contributed by atoms with Gasteiger partial charge in [0, 0.05) is 17.5 Å². The molecule has 188 valence electrons. The van der Waals surface area contributed by atoms with Crippen molar-refractivity contribution in [2.45, 2.75) is 32.0 Å². The fourth-order valence-corrected chi connectivity index (χ4v) is 4.08. The van der Waals surface area contributed by atoms with Gasteiger partial charge in [-0.05, 0) is 48.6 Å². The van der Waals surface area contributed by atoms with E-state index in [-0.39, 0.29) is 23.5 Å². The van der Waals surface area contributed by atoms with Crippen LogP contribution in [0.3, 0.4) is 0 Å². The molecule has 1 aromatic heterocycles. The molecule has 36 heavy (non-hydrogen) atoms. The number of esters is 1. The highest BCUT2D eigenvalue weighted by molar-refractivity contribution is 6.35. The fourth-order valence-electron chi connectivity index (χ4n) is 3.54. The van der Waals surface area contributed by atoms with Gasteiger partial charge in [-0.3, -0.25) is 4.79 Å². The number of halogens is 4. The first-order chi connectivity index (χ1) is 17.3. The van der Waals surface area contributed by atoms with Gasteiger partial charge in [-0.1, -0.05) is 41.4 Å². The van der Waals surface area contributed by atoms with Crippen molar-refractivity contribution in [1.29, 1.82) is 0 Å². The molecule has 0 radical (unpaired) electrons. The summed E-state index contributed by atoms with van der Waals surface area (Å²) in [6.07, 6.45) is 4.89. The van der Waals surface area contributed by atoms with Gasteiger partial charge in [-0.25, -0.2) is 9.78 Å². The second kappa shape index (κ2) is 11.7. The van der Waals surface area contributed by atoms with Crippen LogP contribution in [0.25, 0.3) is 0 Å². The molecule has 4 rings (SSSR count). The number of H-pyrrole nitrogens is 1. The lowest BCUT2D eigenvalue weighted by molar-refractivity contribution is -0.377. The molecule has 10 heteroatoms. The minimum Gasteiger partial charge on any atom is -0.489 e. The number of ether oxygens (including phenoxy) is 3. The predicted octanol–water partition coefficient (Wildman–Crippen LogP) is 6.15. The van der Waals surface area contributed by atoms with Crippen molar-refractivity contribution < 1.29 is 37.6 Å². The summed E-state index contributed by atoms with van der Waals surface area (Å²) in [6.45, 7) is -2.67. The third-order valence-corrected chi connectivity index (χ3v) is 6.30. The van der Waals surface area contributed by atoms with E-state index in [0.717, 1.165) is 12.8 Å². The van der Waals surface area contributed by atoms with E-state index < -0.39 is 18.7 Å². The number of aldehydes is 1. The number of alkyl halides is 2. The number of aromatic amines is 1. The molecule has 0 unspecified atom stereocenters. The smallest absolute Gasteiger partial charge is 0.387 e. The van der Waals surface area contributed by atoms with Crippen LogP contribution in [0, 0.1) is 5.92 Å². The number of carbonyl (C=O) groups excluding carboxylic acids is 2. The maximum Gasteiger partial charge on any atom is 0.387 e. The lowest BCUT2D eigenvalue weighted by atomic mass is 10.0. The Morgan fingerprint density at radius 3 is 2.50 bits per heavy atom. The van der Waals surface area contributed by atoms with Crippen LogP contribution in [0.2, 0.25) is 10.0 Å². The summed E-state index contributed by atoms with van der Waals surface area (Å²) in [7, 11) is 0. The van der Waals surface area contributed by atoms with Gasteiger partial charge in [0.05, 0.1) is 12.2 Å². The first-order valence-corrected chi connectivity index (χ1v) is 11.9. The van der Waals surface area contributed by atoms with Crippen LogP contribution in [-0.4, -0.2) is 25.5 Å². The molecule has 1 heterocycles. The third-order valence-electron chi connectivity index (χ3n) is 5.62. The van der Waals surface area contributed by atoms with Crippen LogP contribution < -0.4 is 14.5 Å². The van der Waals surface area contributed by atoms with Crippen LogP contribution in [-0.2, 0) is 11.2 Å². The lowest BCUT2D eigenvalue weighted by Crippen LogP contribution is -2.16. The van der Waals surface area contributed by atoms with E-state index >= 15 is 0 Å². The van der Waals surface area contributed by atoms with E-state index in [1.807, 2.05) is 0 Å².